The van der Waals surface area contributed by atoms with Gasteiger partial charge >= 0.3 is 0 Å². The third-order valence-electron chi connectivity index (χ3n) is 6.85. The Morgan fingerprint density at radius 1 is 1.36 bits per heavy atom. The molecule has 0 radical (unpaired) electrons. The first-order valence-corrected chi connectivity index (χ1v) is 9.54. The van der Waals surface area contributed by atoms with E-state index in [1.54, 1.807) is 0 Å². The minimum atomic E-state index is 0.293. The molecule has 0 amide bonds. The Morgan fingerprint density at radius 3 is 2.96 bits per heavy atom. The molecule has 3 heterocycles. The fourth-order valence-electron chi connectivity index (χ4n) is 5.41. The van der Waals surface area contributed by atoms with Gasteiger partial charge in [-0.05, 0) is 45.2 Å². The van der Waals surface area contributed by atoms with Gasteiger partial charge in [-0.25, -0.2) is 9.67 Å². The lowest BCUT2D eigenvalue weighted by Gasteiger charge is -2.64. The van der Waals surface area contributed by atoms with Gasteiger partial charge in [0.05, 0.1) is 12.3 Å². The molecule has 1 saturated heterocycles. The van der Waals surface area contributed by atoms with Crippen molar-refractivity contribution < 1.29 is 4.74 Å². The van der Waals surface area contributed by atoms with Gasteiger partial charge in [0.1, 0.15) is 0 Å². The zero-order valence-corrected chi connectivity index (χ0v) is 15.0. The number of ether oxygens (including phenoxy) is 1. The quantitative estimate of drug-likeness (QED) is 0.930. The average molecular weight is 338 g/mol. The Kier molecular flexibility index (Phi) is 3.51. The Labute approximate surface area is 148 Å². The van der Waals surface area contributed by atoms with Crippen molar-refractivity contribution in [3.8, 4) is 5.82 Å². The molecule has 0 bridgehead atoms. The maximum Gasteiger partial charge on any atom is 0.153 e. The largest absolute Gasteiger partial charge is 0.377 e. The van der Waals surface area contributed by atoms with Crippen molar-refractivity contribution >= 4 is 0 Å². The Bertz CT molecular complexity index is 767. The maximum atomic E-state index is 6.05. The van der Waals surface area contributed by atoms with Crippen molar-refractivity contribution in [2.24, 2.45) is 11.3 Å². The highest BCUT2D eigenvalue weighted by molar-refractivity contribution is 5.30. The summed E-state index contributed by atoms with van der Waals surface area (Å²) in [5.74, 6) is 1.58. The Morgan fingerprint density at radius 2 is 2.24 bits per heavy atom. The van der Waals surface area contributed by atoms with Crippen LogP contribution >= 0.6 is 0 Å². The topological polar surface area (TPSA) is 52.0 Å². The molecular weight excluding hydrogens is 312 g/mol. The van der Waals surface area contributed by atoms with E-state index < -0.39 is 0 Å². The second-order valence-corrected chi connectivity index (χ2v) is 7.98. The monoisotopic (exact) mass is 338 g/mol. The smallest absolute Gasteiger partial charge is 0.153 e. The number of pyridine rings is 1. The Balaban J connectivity index is 1.37. The number of fused-ring (bicyclic) bond motifs is 2. The SMILES string of the molecule is Cc1c([C@H](C)N[C@@H]2[C@H]3CCO[C@H]3C23CCC3)cnn1-c1ccccn1. The number of aromatic nitrogens is 3. The van der Waals surface area contributed by atoms with Gasteiger partial charge in [0, 0.05) is 47.5 Å². The van der Waals surface area contributed by atoms with Crippen LogP contribution in [0.1, 0.15) is 49.9 Å². The van der Waals surface area contributed by atoms with E-state index in [-0.39, 0.29) is 0 Å². The van der Waals surface area contributed by atoms with E-state index >= 15 is 0 Å². The van der Waals surface area contributed by atoms with Crippen LogP contribution in [0.25, 0.3) is 5.82 Å². The van der Waals surface area contributed by atoms with Gasteiger partial charge in [0.15, 0.2) is 5.82 Å². The molecule has 4 atom stereocenters. The summed E-state index contributed by atoms with van der Waals surface area (Å²) in [6.07, 6.45) is 9.54. The van der Waals surface area contributed by atoms with Gasteiger partial charge in [0.2, 0.25) is 0 Å². The molecule has 1 spiro atoms. The minimum Gasteiger partial charge on any atom is -0.377 e. The predicted octanol–water partition coefficient (Wildman–Crippen LogP) is 3.18. The van der Waals surface area contributed by atoms with Crippen LogP contribution in [0.4, 0.5) is 0 Å². The number of rotatable bonds is 4. The van der Waals surface area contributed by atoms with Crippen LogP contribution in [-0.2, 0) is 4.74 Å². The second kappa shape index (κ2) is 5.64. The lowest BCUT2D eigenvalue weighted by molar-refractivity contribution is -0.178. The van der Waals surface area contributed by atoms with Crippen molar-refractivity contribution in [1.82, 2.24) is 20.1 Å². The predicted molar refractivity (Wildman–Crippen MR) is 95.6 cm³/mol. The fourth-order valence-corrected chi connectivity index (χ4v) is 5.41. The van der Waals surface area contributed by atoms with Crippen molar-refractivity contribution in [2.75, 3.05) is 6.61 Å². The standard InChI is InChI=1S/C20H26N4O/c1-13(16-12-22-24(14(16)2)17-6-3-4-10-21-17)23-18-15-7-11-25-19(15)20(18)8-5-9-20/h3-4,6,10,12-13,15,18-19,23H,5,7-9,11H2,1-2H3/t13-,15+,18+,19+/m0/s1. The lowest BCUT2D eigenvalue weighted by atomic mass is 9.46. The molecule has 2 aromatic rings. The van der Waals surface area contributed by atoms with E-state index in [4.69, 9.17) is 4.74 Å². The van der Waals surface area contributed by atoms with Crippen molar-refractivity contribution in [3.05, 3.63) is 41.9 Å². The van der Waals surface area contributed by atoms with E-state index in [9.17, 15) is 0 Å². The van der Waals surface area contributed by atoms with Crippen molar-refractivity contribution in [2.45, 2.75) is 57.7 Å². The molecule has 2 saturated carbocycles. The van der Waals surface area contributed by atoms with Crippen LogP contribution in [0.2, 0.25) is 0 Å². The summed E-state index contributed by atoms with van der Waals surface area (Å²) < 4.78 is 7.99. The van der Waals surface area contributed by atoms with Crippen LogP contribution < -0.4 is 5.32 Å². The van der Waals surface area contributed by atoms with Crippen LogP contribution in [0, 0.1) is 18.3 Å². The third kappa shape index (κ3) is 2.15. The molecule has 5 heteroatoms. The van der Waals surface area contributed by atoms with Crippen LogP contribution in [-0.4, -0.2) is 33.5 Å². The highest BCUT2D eigenvalue weighted by atomic mass is 16.5. The molecule has 5 rings (SSSR count). The highest BCUT2D eigenvalue weighted by Gasteiger charge is 2.66. The van der Waals surface area contributed by atoms with Gasteiger partial charge in [-0.1, -0.05) is 12.5 Å². The fraction of sp³-hybridized carbons (Fsp3) is 0.600. The van der Waals surface area contributed by atoms with E-state index in [1.165, 1.54) is 36.9 Å². The summed E-state index contributed by atoms with van der Waals surface area (Å²) in [7, 11) is 0. The van der Waals surface area contributed by atoms with Gasteiger partial charge in [0.25, 0.3) is 0 Å². The van der Waals surface area contributed by atoms with Gasteiger partial charge < -0.3 is 10.1 Å². The van der Waals surface area contributed by atoms with Gasteiger partial charge in [-0.2, -0.15) is 5.10 Å². The molecule has 25 heavy (non-hydrogen) atoms. The van der Waals surface area contributed by atoms with E-state index in [1.807, 2.05) is 35.3 Å². The van der Waals surface area contributed by atoms with Gasteiger partial charge in [-0.3, -0.25) is 0 Å². The second-order valence-electron chi connectivity index (χ2n) is 7.98. The molecule has 1 aliphatic heterocycles. The molecule has 3 aliphatic rings. The molecule has 0 aromatic carbocycles. The molecule has 2 aromatic heterocycles. The number of nitrogens with zero attached hydrogens (tertiary/aromatic N) is 3. The van der Waals surface area contributed by atoms with E-state index in [2.05, 4.69) is 29.2 Å². The zero-order valence-electron chi connectivity index (χ0n) is 15.0. The van der Waals surface area contributed by atoms with Crippen molar-refractivity contribution in [1.29, 1.82) is 0 Å². The number of nitrogens with one attached hydrogen (secondary N) is 1. The van der Waals surface area contributed by atoms with E-state index in [0.717, 1.165) is 12.4 Å². The van der Waals surface area contributed by atoms with E-state index in [0.29, 0.717) is 29.5 Å². The third-order valence-corrected chi connectivity index (χ3v) is 6.85. The first-order valence-electron chi connectivity index (χ1n) is 9.54. The number of hydrogen-bond donors (Lipinski definition) is 1. The molecule has 0 unspecified atom stereocenters. The Hall–Kier alpha value is -1.72. The summed E-state index contributed by atoms with van der Waals surface area (Å²) in [6.45, 7) is 5.35. The van der Waals surface area contributed by atoms with Crippen molar-refractivity contribution in [3.63, 3.8) is 0 Å². The van der Waals surface area contributed by atoms with Gasteiger partial charge in [-0.15, -0.1) is 0 Å². The zero-order chi connectivity index (χ0) is 17.0. The average Bonchev–Trinajstić information content (AvgIpc) is 3.17. The molecule has 1 N–H and O–H groups in total. The minimum absolute atomic E-state index is 0.293. The van der Waals surface area contributed by atoms with Crippen LogP contribution in [0.5, 0.6) is 0 Å². The summed E-state index contributed by atoms with van der Waals surface area (Å²) >= 11 is 0. The summed E-state index contributed by atoms with van der Waals surface area (Å²) in [6, 6.07) is 6.82. The van der Waals surface area contributed by atoms with Crippen LogP contribution in [0.3, 0.4) is 0 Å². The molecule has 132 valence electrons. The maximum absolute atomic E-state index is 6.05. The summed E-state index contributed by atoms with van der Waals surface area (Å²) in [4.78, 5) is 4.42. The highest BCUT2D eigenvalue weighted by Crippen LogP contribution is 2.63. The molecule has 3 fully saturated rings. The molecule has 2 aliphatic carbocycles. The first-order chi connectivity index (χ1) is 12.2. The lowest BCUT2D eigenvalue weighted by Crippen LogP contribution is -2.71. The molecular formula is C20H26N4O. The van der Waals surface area contributed by atoms with Crippen LogP contribution in [0.15, 0.2) is 30.6 Å². The molecule has 5 nitrogen and oxygen atoms in total. The summed E-state index contributed by atoms with van der Waals surface area (Å²) in [5, 5.41) is 8.53. The summed E-state index contributed by atoms with van der Waals surface area (Å²) in [5.41, 5.74) is 2.85. The normalized spacial score (nSPS) is 30.6. The first kappa shape index (κ1) is 15.5. The number of hydrogen-bond acceptors (Lipinski definition) is 4.